The first-order valence-electron chi connectivity index (χ1n) is 4.70. The van der Waals surface area contributed by atoms with Crippen molar-refractivity contribution in [2.45, 2.75) is 19.3 Å². The van der Waals surface area contributed by atoms with Crippen molar-refractivity contribution in [3.63, 3.8) is 0 Å². The number of aliphatic carboxylic acids is 1. The average Bonchev–Trinajstić information content (AvgIpc) is 2.85. The average molecular weight is 208 g/mol. The van der Waals surface area contributed by atoms with Crippen molar-refractivity contribution >= 4 is 5.97 Å². The van der Waals surface area contributed by atoms with Crippen LogP contribution >= 0.6 is 0 Å². The molecule has 0 spiro atoms. The van der Waals surface area contributed by atoms with Crippen LogP contribution in [0.1, 0.15) is 24.8 Å². The van der Waals surface area contributed by atoms with Gasteiger partial charge in [-0.05, 0) is 31.0 Å². The molecule has 4 nitrogen and oxygen atoms in total. The molecule has 3 N–H and O–H groups in total. The van der Waals surface area contributed by atoms with Crippen LogP contribution in [0.25, 0.3) is 0 Å². The molecular formula is C11H12O4. The van der Waals surface area contributed by atoms with E-state index in [0.29, 0.717) is 6.42 Å². The molecule has 0 radical (unpaired) electrons. The van der Waals surface area contributed by atoms with E-state index < -0.39 is 11.4 Å². The van der Waals surface area contributed by atoms with Gasteiger partial charge in [0, 0.05) is 5.92 Å². The molecule has 0 heterocycles. The number of hydrogen-bond donors (Lipinski definition) is 3. The Balaban J connectivity index is 2.27. The molecule has 1 aromatic carbocycles. The van der Waals surface area contributed by atoms with Crippen LogP contribution in [-0.4, -0.2) is 21.3 Å². The van der Waals surface area contributed by atoms with Crippen LogP contribution in [0.2, 0.25) is 0 Å². The normalized spacial score (nSPS) is 28.7. The fourth-order valence-corrected chi connectivity index (χ4v) is 1.84. The molecular weight excluding hydrogens is 196 g/mol. The third-order valence-corrected chi connectivity index (χ3v) is 3.13. The first kappa shape index (κ1) is 9.83. The number of carbonyl (C=O) groups is 1. The van der Waals surface area contributed by atoms with E-state index >= 15 is 0 Å². The Morgan fingerprint density at radius 2 is 2.07 bits per heavy atom. The fourth-order valence-electron chi connectivity index (χ4n) is 1.84. The lowest BCUT2D eigenvalue weighted by Gasteiger charge is -2.06. The molecule has 0 amide bonds. The van der Waals surface area contributed by atoms with Crippen molar-refractivity contribution in [1.82, 2.24) is 0 Å². The van der Waals surface area contributed by atoms with E-state index in [1.807, 2.05) is 0 Å². The lowest BCUT2D eigenvalue weighted by atomic mass is 10.0. The first-order valence-corrected chi connectivity index (χ1v) is 4.70. The summed E-state index contributed by atoms with van der Waals surface area (Å²) < 4.78 is 0. The van der Waals surface area contributed by atoms with E-state index in [9.17, 15) is 9.90 Å². The number of hydrogen-bond acceptors (Lipinski definition) is 3. The zero-order valence-electron chi connectivity index (χ0n) is 8.27. The summed E-state index contributed by atoms with van der Waals surface area (Å²) in [5.74, 6) is -1.27. The Hall–Kier alpha value is -1.71. The molecule has 4 heteroatoms. The largest absolute Gasteiger partial charge is 0.504 e. The lowest BCUT2D eigenvalue weighted by Crippen LogP contribution is -2.12. The van der Waals surface area contributed by atoms with E-state index in [4.69, 9.17) is 10.2 Å². The van der Waals surface area contributed by atoms with Crippen molar-refractivity contribution in [3.8, 4) is 11.5 Å². The highest BCUT2D eigenvalue weighted by Gasteiger charge is 2.57. The number of benzene rings is 1. The van der Waals surface area contributed by atoms with Crippen molar-refractivity contribution < 1.29 is 20.1 Å². The molecule has 1 fully saturated rings. The highest BCUT2D eigenvalue weighted by molar-refractivity contribution is 5.80. The zero-order valence-corrected chi connectivity index (χ0v) is 8.27. The van der Waals surface area contributed by atoms with Gasteiger partial charge in [-0.1, -0.05) is 6.07 Å². The minimum Gasteiger partial charge on any atom is -0.504 e. The van der Waals surface area contributed by atoms with Gasteiger partial charge in [0.1, 0.15) is 0 Å². The molecule has 1 aromatic rings. The summed E-state index contributed by atoms with van der Waals surface area (Å²) >= 11 is 0. The molecule has 1 aliphatic rings. The predicted molar refractivity (Wildman–Crippen MR) is 52.9 cm³/mol. The summed E-state index contributed by atoms with van der Waals surface area (Å²) in [6.07, 6.45) is 0.576. The third-order valence-electron chi connectivity index (χ3n) is 3.13. The molecule has 2 atom stereocenters. The number of aromatic hydroxyl groups is 2. The molecule has 0 aliphatic heterocycles. The number of phenols is 2. The second kappa shape index (κ2) is 2.89. The van der Waals surface area contributed by atoms with Crippen LogP contribution in [0.3, 0.4) is 0 Å². The van der Waals surface area contributed by atoms with Crippen LogP contribution in [0.5, 0.6) is 11.5 Å². The topological polar surface area (TPSA) is 77.8 Å². The van der Waals surface area contributed by atoms with Crippen molar-refractivity contribution in [2.75, 3.05) is 0 Å². The highest BCUT2D eigenvalue weighted by Crippen LogP contribution is 2.59. The minimum absolute atomic E-state index is 0.0681. The van der Waals surface area contributed by atoms with Gasteiger partial charge in [0.25, 0.3) is 0 Å². The Morgan fingerprint density at radius 1 is 1.40 bits per heavy atom. The molecule has 0 bridgehead atoms. The lowest BCUT2D eigenvalue weighted by molar-refractivity contribution is -0.142. The zero-order chi connectivity index (χ0) is 11.2. The van der Waals surface area contributed by atoms with Crippen molar-refractivity contribution in [2.24, 2.45) is 5.41 Å². The molecule has 2 rings (SSSR count). The number of carboxylic acid groups (broad SMARTS) is 1. The van der Waals surface area contributed by atoms with Crippen LogP contribution in [0, 0.1) is 5.41 Å². The Kier molecular flexibility index (Phi) is 1.89. The van der Waals surface area contributed by atoms with Crippen molar-refractivity contribution in [3.05, 3.63) is 23.8 Å². The summed E-state index contributed by atoms with van der Waals surface area (Å²) in [5.41, 5.74) is 0.0406. The number of rotatable bonds is 2. The van der Waals surface area contributed by atoms with Gasteiger partial charge in [-0.15, -0.1) is 0 Å². The second-order valence-electron chi connectivity index (χ2n) is 4.23. The Morgan fingerprint density at radius 3 is 2.53 bits per heavy atom. The molecule has 0 unspecified atom stereocenters. The Labute approximate surface area is 86.8 Å². The van der Waals surface area contributed by atoms with Crippen LogP contribution in [-0.2, 0) is 4.79 Å². The van der Waals surface area contributed by atoms with Gasteiger partial charge < -0.3 is 15.3 Å². The van der Waals surface area contributed by atoms with Gasteiger partial charge in [-0.3, -0.25) is 4.79 Å². The first-order chi connectivity index (χ1) is 6.95. The SMILES string of the molecule is C[C@@]1(C(=O)O)C[C@H]1c1ccc(O)c(O)c1. The Bertz CT molecular complexity index is 427. The monoisotopic (exact) mass is 208 g/mol. The van der Waals surface area contributed by atoms with Gasteiger partial charge in [-0.25, -0.2) is 0 Å². The summed E-state index contributed by atoms with van der Waals surface area (Å²) in [6, 6.07) is 4.45. The van der Waals surface area contributed by atoms with Gasteiger partial charge in [0.2, 0.25) is 0 Å². The predicted octanol–water partition coefficient (Wildman–Crippen LogP) is 1.68. The maximum atomic E-state index is 10.9. The minimum atomic E-state index is -0.819. The summed E-state index contributed by atoms with van der Waals surface area (Å²) in [5, 5.41) is 27.4. The molecule has 1 saturated carbocycles. The molecule has 80 valence electrons. The van der Waals surface area contributed by atoms with Gasteiger partial charge in [0.05, 0.1) is 5.41 Å². The smallest absolute Gasteiger partial charge is 0.309 e. The van der Waals surface area contributed by atoms with Crippen molar-refractivity contribution in [1.29, 1.82) is 0 Å². The van der Waals surface area contributed by atoms with E-state index in [-0.39, 0.29) is 17.4 Å². The fraction of sp³-hybridized carbons (Fsp3) is 0.364. The molecule has 0 saturated heterocycles. The molecule has 1 aliphatic carbocycles. The van der Waals surface area contributed by atoms with Crippen LogP contribution in [0.15, 0.2) is 18.2 Å². The van der Waals surface area contributed by atoms with Crippen LogP contribution < -0.4 is 0 Å². The van der Waals surface area contributed by atoms with Gasteiger partial charge in [-0.2, -0.15) is 0 Å². The molecule has 0 aromatic heterocycles. The number of phenolic OH excluding ortho intramolecular Hbond substituents is 2. The maximum absolute atomic E-state index is 10.9. The second-order valence-corrected chi connectivity index (χ2v) is 4.23. The molecule has 15 heavy (non-hydrogen) atoms. The van der Waals surface area contributed by atoms with Gasteiger partial charge in [0.15, 0.2) is 11.5 Å². The van der Waals surface area contributed by atoms with E-state index in [2.05, 4.69) is 0 Å². The third kappa shape index (κ3) is 1.42. The standard InChI is InChI=1S/C11H12O4/c1-11(10(14)15)5-7(11)6-2-3-8(12)9(13)4-6/h2-4,7,12-13H,5H2,1H3,(H,14,15)/t7-,11+/m0/s1. The van der Waals surface area contributed by atoms with E-state index in [1.54, 1.807) is 13.0 Å². The maximum Gasteiger partial charge on any atom is 0.309 e. The van der Waals surface area contributed by atoms with E-state index in [0.717, 1.165) is 5.56 Å². The summed E-state index contributed by atoms with van der Waals surface area (Å²) in [7, 11) is 0. The number of carboxylic acids is 1. The summed E-state index contributed by atoms with van der Waals surface area (Å²) in [6.45, 7) is 1.68. The van der Waals surface area contributed by atoms with Gasteiger partial charge >= 0.3 is 5.97 Å². The highest BCUT2D eigenvalue weighted by atomic mass is 16.4. The van der Waals surface area contributed by atoms with E-state index in [1.165, 1.54) is 12.1 Å². The van der Waals surface area contributed by atoms with Crippen LogP contribution in [0.4, 0.5) is 0 Å². The quantitative estimate of drug-likeness (QED) is 0.646. The summed E-state index contributed by atoms with van der Waals surface area (Å²) in [4.78, 5) is 10.9.